The van der Waals surface area contributed by atoms with Crippen molar-refractivity contribution in [3.05, 3.63) is 17.3 Å². The van der Waals surface area contributed by atoms with Gasteiger partial charge in [0.25, 0.3) is 0 Å². The highest BCUT2D eigenvalue weighted by Gasteiger charge is 2.20. The molecule has 0 amide bonds. The summed E-state index contributed by atoms with van der Waals surface area (Å²) in [4.78, 5) is 13.2. The third-order valence-electron chi connectivity index (χ3n) is 2.97. The summed E-state index contributed by atoms with van der Waals surface area (Å²) in [5, 5.41) is 11.1. The van der Waals surface area contributed by atoms with E-state index in [0.29, 0.717) is 6.54 Å². The zero-order chi connectivity index (χ0) is 14.0. The van der Waals surface area contributed by atoms with Crippen LogP contribution in [0, 0.1) is 0 Å². The maximum absolute atomic E-state index is 10.0. The van der Waals surface area contributed by atoms with Gasteiger partial charge in [-0.25, -0.2) is 9.97 Å². The average molecular weight is 279 g/mol. The summed E-state index contributed by atoms with van der Waals surface area (Å²) >= 11 is 1.72. The van der Waals surface area contributed by atoms with E-state index in [1.807, 2.05) is 13.8 Å². The molecular formula is C14H21N3OS. The van der Waals surface area contributed by atoms with Crippen molar-refractivity contribution in [1.29, 1.82) is 0 Å². The number of likely N-dealkylation sites (N-methyl/N-ethyl adjacent to an activating group) is 1. The second kappa shape index (κ2) is 5.43. The van der Waals surface area contributed by atoms with Crippen LogP contribution < -0.4 is 4.90 Å². The van der Waals surface area contributed by atoms with Crippen molar-refractivity contribution in [2.24, 2.45) is 0 Å². The van der Waals surface area contributed by atoms with Crippen LogP contribution in [0.3, 0.4) is 0 Å². The van der Waals surface area contributed by atoms with Crippen LogP contribution in [0.5, 0.6) is 0 Å². The van der Waals surface area contributed by atoms with E-state index in [-0.39, 0.29) is 0 Å². The predicted molar refractivity (Wildman–Crippen MR) is 81.0 cm³/mol. The molecule has 0 aliphatic heterocycles. The van der Waals surface area contributed by atoms with Crippen LogP contribution in [0.2, 0.25) is 0 Å². The van der Waals surface area contributed by atoms with Crippen LogP contribution in [0.1, 0.15) is 32.6 Å². The fourth-order valence-electron chi connectivity index (χ4n) is 2.12. The van der Waals surface area contributed by atoms with E-state index in [1.165, 1.54) is 4.88 Å². The first-order valence-electron chi connectivity index (χ1n) is 6.65. The van der Waals surface area contributed by atoms with E-state index in [9.17, 15) is 5.11 Å². The molecule has 1 N–H and O–H groups in total. The smallest absolute Gasteiger partial charge is 0.140 e. The number of hydrogen-bond acceptors (Lipinski definition) is 5. The molecule has 2 aromatic rings. The summed E-state index contributed by atoms with van der Waals surface area (Å²) in [6.45, 7) is 9.23. The molecule has 0 atom stereocenters. The second-order valence-electron chi connectivity index (χ2n) is 5.31. The highest BCUT2D eigenvalue weighted by molar-refractivity contribution is 7.18. The van der Waals surface area contributed by atoms with Crippen LogP contribution in [-0.2, 0) is 6.42 Å². The molecule has 5 heteroatoms. The molecule has 0 saturated carbocycles. The van der Waals surface area contributed by atoms with E-state index in [4.69, 9.17) is 0 Å². The van der Waals surface area contributed by atoms with Gasteiger partial charge in [-0.15, -0.1) is 11.3 Å². The van der Waals surface area contributed by atoms with Gasteiger partial charge in [0, 0.05) is 18.0 Å². The minimum atomic E-state index is -0.739. The summed E-state index contributed by atoms with van der Waals surface area (Å²) in [6, 6.07) is 2.17. The normalized spacial score (nSPS) is 12.1. The molecule has 2 aromatic heterocycles. The van der Waals surface area contributed by atoms with Crippen LogP contribution >= 0.6 is 11.3 Å². The highest BCUT2D eigenvalue weighted by atomic mass is 32.1. The fraction of sp³-hybridized carbons (Fsp3) is 0.571. The molecule has 4 nitrogen and oxygen atoms in total. The third kappa shape index (κ3) is 3.22. The lowest BCUT2D eigenvalue weighted by Gasteiger charge is -2.29. The molecule has 2 heterocycles. The molecule has 0 aromatic carbocycles. The number of nitrogens with zero attached hydrogens (tertiary/aromatic N) is 3. The number of aromatic nitrogens is 2. The molecule has 0 spiro atoms. The molecule has 104 valence electrons. The topological polar surface area (TPSA) is 49.2 Å². The molecule has 0 saturated heterocycles. The lowest BCUT2D eigenvalue weighted by molar-refractivity contribution is 0.0875. The van der Waals surface area contributed by atoms with Crippen molar-refractivity contribution >= 4 is 27.4 Å². The molecule has 0 fully saturated rings. The summed E-state index contributed by atoms with van der Waals surface area (Å²) in [7, 11) is 0. The summed E-state index contributed by atoms with van der Waals surface area (Å²) in [5.41, 5.74) is -0.739. The largest absolute Gasteiger partial charge is 0.389 e. The lowest BCUT2D eigenvalue weighted by Crippen LogP contribution is -2.39. The van der Waals surface area contributed by atoms with Gasteiger partial charge >= 0.3 is 0 Å². The van der Waals surface area contributed by atoms with Gasteiger partial charge in [0.1, 0.15) is 17.0 Å². The Balaban J connectivity index is 2.44. The highest BCUT2D eigenvalue weighted by Crippen LogP contribution is 2.30. The van der Waals surface area contributed by atoms with Gasteiger partial charge in [-0.05, 0) is 33.3 Å². The Hall–Kier alpha value is -1.20. The Kier molecular flexibility index (Phi) is 4.06. The first kappa shape index (κ1) is 14.2. The van der Waals surface area contributed by atoms with E-state index in [1.54, 1.807) is 17.7 Å². The number of thiophene rings is 1. The quantitative estimate of drug-likeness (QED) is 0.914. The number of rotatable bonds is 5. The van der Waals surface area contributed by atoms with E-state index < -0.39 is 5.60 Å². The summed E-state index contributed by atoms with van der Waals surface area (Å²) in [5.74, 6) is 0.922. The van der Waals surface area contributed by atoms with Gasteiger partial charge in [-0.1, -0.05) is 6.92 Å². The Labute approximate surface area is 118 Å². The van der Waals surface area contributed by atoms with Crippen LogP contribution in [0.4, 0.5) is 5.82 Å². The van der Waals surface area contributed by atoms with Crippen molar-refractivity contribution < 1.29 is 5.11 Å². The average Bonchev–Trinajstić information content (AvgIpc) is 2.77. The van der Waals surface area contributed by atoms with Crippen molar-refractivity contribution in [1.82, 2.24) is 9.97 Å². The summed E-state index contributed by atoms with van der Waals surface area (Å²) < 4.78 is 0. The molecule has 0 unspecified atom stereocenters. The first-order valence-corrected chi connectivity index (χ1v) is 7.47. The SMILES string of the molecule is CCc1cc2c(N(CC)CC(C)(C)O)ncnc2s1. The van der Waals surface area contributed by atoms with Crippen molar-refractivity contribution in [2.45, 2.75) is 39.7 Å². The minimum Gasteiger partial charge on any atom is -0.389 e. The fourth-order valence-corrected chi connectivity index (χ4v) is 3.05. The monoisotopic (exact) mass is 279 g/mol. The minimum absolute atomic E-state index is 0.562. The standard InChI is InChI=1S/C14H21N3OS/c1-5-10-7-11-12(15-9-16-13(11)19-10)17(6-2)8-14(3,4)18/h7,9,18H,5-6,8H2,1-4H3. The number of hydrogen-bond donors (Lipinski definition) is 1. The van der Waals surface area contributed by atoms with E-state index in [0.717, 1.165) is 29.0 Å². The number of anilines is 1. The Morgan fingerprint density at radius 3 is 2.63 bits per heavy atom. The molecule has 0 bridgehead atoms. The zero-order valence-electron chi connectivity index (χ0n) is 12.0. The molecule has 0 aliphatic rings. The third-order valence-corrected chi connectivity index (χ3v) is 4.15. The summed E-state index contributed by atoms with van der Waals surface area (Å²) in [6.07, 6.45) is 2.62. The van der Waals surface area contributed by atoms with Crippen LogP contribution in [0.15, 0.2) is 12.4 Å². The van der Waals surface area contributed by atoms with Gasteiger partial charge in [-0.2, -0.15) is 0 Å². The lowest BCUT2D eigenvalue weighted by atomic mass is 10.1. The zero-order valence-corrected chi connectivity index (χ0v) is 12.8. The van der Waals surface area contributed by atoms with Crippen molar-refractivity contribution in [3.63, 3.8) is 0 Å². The Morgan fingerprint density at radius 2 is 2.05 bits per heavy atom. The van der Waals surface area contributed by atoms with Gasteiger partial charge in [-0.3, -0.25) is 0 Å². The van der Waals surface area contributed by atoms with Crippen LogP contribution in [-0.4, -0.2) is 33.8 Å². The second-order valence-corrected chi connectivity index (χ2v) is 6.42. The van der Waals surface area contributed by atoms with Gasteiger partial charge in [0.15, 0.2) is 0 Å². The molecule has 0 radical (unpaired) electrons. The number of aryl methyl sites for hydroxylation is 1. The van der Waals surface area contributed by atoms with Gasteiger partial charge < -0.3 is 10.0 Å². The van der Waals surface area contributed by atoms with E-state index >= 15 is 0 Å². The maximum Gasteiger partial charge on any atom is 0.140 e. The van der Waals surface area contributed by atoms with Crippen LogP contribution in [0.25, 0.3) is 10.2 Å². The molecule has 0 aliphatic carbocycles. The molecule has 2 rings (SSSR count). The van der Waals surface area contributed by atoms with Crippen molar-refractivity contribution in [3.8, 4) is 0 Å². The number of aliphatic hydroxyl groups is 1. The van der Waals surface area contributed by atoms with E-state index in [2.05, 4.69) is 34.8 Å². The van der Waals surface area contributed by atoms with Gasteiger partial charge in [0.05, 0.1) is 11.0 Å². The Morgan fingerprint density at radius 1 is 1.32 bits per heavy atom. The first-order chi connectivity index (χ1) is 8.94. The van der Waals surface area contributed by atoms with Gasteiger partial charge in [0.2, 0.25) is 0 Å². The number of fused-ring (bicyclic) bond motifs is 1. The maximum atomic E-state index is 10.0. The predicted octanol–water partition coefficient (Wildman–Crippen LogP) is 2.85. The molecular weight excluding hydrogens is 258 g/mol. The van der Waals surface area contributed by atoms with Crippen molar-refractivity contribution in [2.75, 3.05) is 18.0 Å². The molecule has 19 heavy (non-hydrogen) atoms. The Bertz CT molecular complexity index is 559.